The molecule has 1 aliphatic rings. The molecule has 202 valence electrons. The number of rotatable bonds is 13. The third-order valence-electron chi connectivity index (χ3n) is 7.38. The van der Waals surface area contributed by atoms with Gasteiger partial charge in [-0.3, -0.25) is 9.69 Å². The fraction of sp³-hybridized carbons (Fsp3) is 0.387. The summed E-state index contributed by atoms with van der Waals surface area (Å²) < 4.78 is 23.3. The van der Waals surface area contributed by atoms with E-state index in [-0.39, 0.29) is 12.5 Å². The van der Waals surface area contributed by atoms with Crippen LogP contribution in [-0.4, -0.2) is 63.0 Å². The molecule has 4 rings (SSSR count). The van der Waals surface area contributed by atoms with Gasteiger partial charge in [0.15, 0.2) is 0 Å². The molecule has 1 N–H and O–H groups in total. The van der Waals surface area contributed by atoms with Crippen molar-refractivity contribution < 1.29 is 28.8 Å². The van der Waals surface area contributed by atoms with Gasteiger partial charge in [-0.1, -0.05) is 36.4 Å². The molecule has 7 heteroatoms. The largest absolute Gasteiger partial charge is 0.497 e. The van der Waals surface area contributed by atoms with Crippen LogP contribution in [-0.2, 0) is 15.1 Å². The Kier molecular flexibility index (Phi) is 9.26. The Hall–Kier alpha value is -3.55. The van der Waals surface area contributed by atoms with Crippen LogP contribution in [0.4, 0.5) is 0 Å². The number of carbonyl (C=O) groups is 1. The van der Waals surface area contributed by atoms with Crippen LogP contribution in [0.25, 0.3) is 0 Å². The first kappa shape index (κ1) is 27.5. The molecule has 0 spiro atoms. The van der Waals surface area contributed by atoms with Crippen LogP contribution >= 0.6 is 0 Å². The van der Waals surface area contributed by atoms with E-state index in [2.05, 4.69) is 4.90 Å². The zero-order chi connectivity index (χ0) is 27.0. The number of nitrogens with zero attached hydrogens (tertiary/aromatic N) is 1. The average Bonchev–Trinajstić information content (AvgIpc) is 3.42. The lowest BCUT2D eigenvalue weighted by atomic mass is 9.80. The van der Waals surface area contributed by atoms with Gasteiger partial charge in [0.05, 0.1) is 27.9 Å². The van der Waals surface area contributed by atoms with Crippen LogP contribution in [0.1, 0.15) is 42.4 Å². The zero-order valence-corrected chi connectivity index (χ0v) is 22.4. The maximum absolute atomic E-state index is 11.1. The zero-order valence-electron chi connectivity index (χ0n) is 22.4. The van der Waals surface area contributed by atoms with Gasteiger partial charge in [-0.15, -0.1) is 0 Å². The molecule has 0 unspecified atom stereocenters. The minimum atomic E-state index is -0.902. The Morgan fingerprint density at radius 3 is 1.66 bits per heavy atom. The summed E-state index contributed by atoms with van der Waals surface area (Å²) in [5.74, 6) is 1.56. The Morgan fingerprint density at radius 2 is 1.26 bits per heavy atom. The smallest absolute Gasteiger partial charge is 0.303 e. The Bertz CT molecular complexity index is 1040. The number of methoxy groups -OCH3 is 3. The van der Waals surface area contributed by atoms with Gasteiger partial charge < -0.3 is 24.1 Å². The van der Waals surface area contributed by atoms with Crippen molar-refractivity contribution in [1.29, 1.82) is 0 Å². The number of aliphatic carboxylic acids is 1. The molecule has 1 fully saturated rings. The fourth-order valence-corrected chi connectivity index (χ4v) is 5.35. The van der Waals surface area contributed by atoms with Crippen LogP contribution in [0.15, 0.2) is 72.8 Å². The molecule has 7 nitrogen and oxygen atoms in total. The molecule has 3 aromatic rings. The number of hydrogen-bond donors (Lipinski definition) is 1. The highest BCUT2D eigenvalue weighted by Gasteiger charge is 2.38. The summed E-state index contributed by atoms with van der Waals surface area (Å²) in [4.78, 5) is 13.5. The van der Waals surface area contributed by atoms with Gasteiger partial charge >= 0.3 is 5.97 Å². The first-order valence-corrected chi connectivity index (χ1v) is 13.0. The third-order valence-corrected chi connectivity index (χ3v) is 7.38. The monoisotopic (exact) mass is 519 g/mol. The number of ether oxygens (including phenoxy) is 4. The number of likely N-dealkylation sites (tertiary alicyclic amines) is 1. The minimum absolute atomic E-state index is 0.190. The van der Waals surface area contributed by atoms with E-state index in [0.29, 0.717) is 19.6 Å². The van der Waals surface area contributed by atoms with Gasteiger partial charge in [0.2, 0.25) is 0 Å². The van der Waals surface area contributed by atoms with Crippen molar-refractivity contribution in [2.45, 2.75) is 37.3 Å². The standard InChI is InChI=1S/C31H37NO6/c1-35-27-13-6-23(7-14-27)31(24-8-15-28(36-2)16-9-24,25-10-17-29(37-3)18-11-25)38-22-21-32-20-4-5-26(32)12-19-30(33)34/h6-11,13-18,26H,4-5,12,19-22H2,1-3H3,(H,33,34)/t26-/m1/s1. The second kappa shape index (κ2) is 12.8. The van der Waals surface area contributed by atoms with Gasteiger partial charge in [0, 0.05) is 19.0 Å². The summed E-state index contributed by atoms with van der Waals surface area (Å²) in [5, 5.41) is 9.16. The molecule has 0 saturated carbocycles. The Balaban J connectivity index is 1.72. The van der Waals surface area contributed by atoms with E-state index in [1.165, 1.54) is 0 Å². The lowest BCUT2D eigenvalue weighted by Gasteiger charge is -2.37. The lowest BCUT2D eigenvalue weighted by molar-refractivity contribution is -0.137. The molecular weight excluding hydrogens is 482 g/mol. The molecule has 38 heavy (non-hydrogen) atoms. The van der Waals surface area contributed by atoms with Crippen molar-refractivity contribution in [3.05, 3.63) is 89.5 Å². The van der Waals surface area contributed by atoms with Gasteiger partial charge in [-0.25, -0.2) is 0 Å². The van der Waals surface area contributed by atoms with Crippen LogP contribution in [0.3, 0.4) is 0 Å². The highest BCUT2D eigenvalue weighted by atomic mass is 16.5. The van der Waals surface area contributed by atoms with Crippen molar-refractivity contribution in [2.24, 2.45) is 0 Å². The van der Waals surface area contributed by atoms with E-state index in [0.717, 1.165) is 53.3 Å². The van der Waals surface area contributed by atoms with Crippen molar-refractivity contribution in [3.8, 4) is 17.2 Å². The first-order valence-electron chi connectivity index (χ1n) is 13.0. The first-order chi connectivity index (χ1) is 18.5. The van der Waals surface area contributed by atoms with Crippen LogP contribution in [0.2, 0.25) is 0 Å². The predicted molar refractivity (Wildman–Crippen MR) is 146 cm³/mol. The van der Waals surface area contributed by atoms with Gasteiger partial charge in [-0.05, 0) is 78.9 Å². The van der Waals surface area contributed by atoms with Gasteiger partial charge in [0.25, 0.3) is 0 Å². The lowest BCUT2D eigenvalue weighted by Crippen LogP contribution is -2.38. The topological polar surface area (TPSA) is 77.5 Å². The molecule has 1 atom stereocenters. The molecule has 1 aliphatic heterocycles. The van der Waals surface area contributed by atoms with Crippen molar-refractivity contribution in [1.82, 2.24) is 4.90 Å². The Morgan fingerprint density at radius 1 is 0.816 bits per heavy atom. The molecule has 0 bridgehead atoms. The van der Waals surface area contributed by atoms with Gasteiger partial charge in [-0.2, -0.15) is 0 Å². The van der Waals surface area contributed by atoms with Crippen LogP contribution in [0, 0.1) is 0 Å². The summed E-state index contributed by atoms with van der Waals surface area (Å²) in [6, 6.07) is 24.2. The van der Waals surface area contributed by atoms with E-state index < -0.39 is 11.6 Å². The SMILES string of the molecule is COc1ccc(C(OCCN2CCC[C@@H]2CCC(=O)O)(c2ccc(OC)cc2)c2ccc(OC)cc2)cc1. The average molecular weight is 520 g/mol. The van der Waals surface area contributed by atoms with Crippen molar-refractivity contribution in [2.75, 3.05) is 41.0 Å². The van der Waals surface area contributed by atoms with Crippen LogP contribution < -0.4 is 14.2 Å². The molecule has 0 radical (unpaired) electrons. The summed E-state index contributed by atoms with van der Waals surface area (Å²) in [6.45, 7) is 2.14. The quantitative estimate of drug-likeness (QED) is 0.305. The van der Waals surface area contributed by atoms with E-state index in [1.54, 1.807) is 21.3 Å². The molecule has 0 aliphatic carbocycles. The second-order valence-electron chi connectivity index (χ2n) is 9.48. The second-order valence-corrected chi connectivity index (χ2v) is 9.48. The van der Waals surface area contributed by atoms with E-state index >= 15 is 0 Å². The normalized spacial score (nSPS) is 15.8. The number of carboxylic acids is 1. The summed E-state index contributed by atoms with van der Waals surface area (Å²) in [5.41, 5.74) is 2.01. The number of benzene rings is 3. The summed E-state index contributed by atoms with van der Waals surface area (Å²) in [7, 11) is 4.97. The molecule has 0 aromatic heterocycles. The third kappa shape index (κ3) is 6.11. The van der Waals surface area contributed by atoms with Crippen LogP contribution in [0.5, 0.6) is 17.2 Å². The van der Waals surface area contributed by atoms with E-state index in [4.69, 9.17) is 24.1 Å². The van der Waals surface area contributed by atoms with E-state index in [9.17, 15) is 4.79 Å². The highest BCUT2D eigenvalue weighted by Crippen LogP contribution is 2.42. The maximum atomic E-state index is 11.1. The molecule has 0 amide bonds. The van der Waals surface area contributed by atoms with Gasteiger partial charge in [0.1, 0.15) is 22.8 Å². The molecular formula is C31H37NO6. The summed E-state index contributed by atoms with van der Waals surface area (Å²) >= 11 is 0. The van der Waals surface area contributed by atoms with Crippen molar-refractivity contribution in [3.63, 3.8) is 0 Å². The predicted octanol–water partition coefficient (Wildman–Crippen LogP) is 5.35. The molecule has 1 saturated heterocycles. The number of carboxylic acid groups (broad SMARTS) is 1. The minimum Gasteiger partial charge on any atom is -0.497 e. The maximum Gasteiger partial charge on any atom is 0.303 e. The molecule has 1 heterocycles. The summed E-state index contributed by atoms with van der Waals surface area (Å²) in [6.07, 6.45) is 2.95. The van der Waals surface area contributed by atoms with Crippen molar-refractivity contribution >= 4 is 5.97 Å². The van der Waals surface area contributed by atoms with E-state index in [1.807, 2.05) is 72.8 Å². The highest BCUT2D eigenvalue weighted by molar-refractivity contribution is 5.66. The number of hydrogen-bond acceptors (Lipinski definition) is 6. The molecule has 3 aromatic carbocycles. The fourth-order valence-electron chi connectivity index (χ4n) is 5.35. The Labute approximate surface area is 224 Å².